The predicted molar refractivity (Wildman–Crippen MR) is 54.7 cm³/mol. The minimum Gasteiger partial charge on any atom is -0.300 e. The summed E-state index contributed by atoms with van der Waals surface area (Å²) in [6.07, 6.45) is 2.64. The van der Waals surface area contributed by atoms with Crippen LogP contribution in [0, 0.1) is 5.41 Å². The summed E-state index contributed by atoms with van der Waals surface area (Å²) >= 11 is 0. The first-order chi connectivity index (χ1) is 5.97. The third-order valence-electron chi connectivity index (χ3n) is 3.02. The van der Waals surface area contributed by atoms with Gasteiger partial charge in [-0.15, -0.1) is 0 Å². The molecule has 76 valence electrons. The number of Topliss-reactive ketones (excluding diaryl/α,β-unsaturated/α-hetero) is 1. The van der Waals surface area contributed by atoms with E-state index in [0.717, 1.165) is 19.1 Å². The van der Waals surface area contributed by atoms with Gasteiger partial charge >= 0.3 is 0 Å². The molecule has 0 N–H and O–H groups in total. The maximum atomic E-state index is 11.3. The lowest BCUT2D eigenvalue weighted by atomic mass is 9.88. The van der Waals surface area contributed by atoms with Crippen LogP contribution in [0.15, 0.2) is 0 Å². The summed E-state index contributed by atoms with van der Waals surface area (Å²) in [6.45, 7) is 9.95. The van der Waals surface area contributed by atoms with E-state index in [9.17, 15) is 4.79 Å². The van der Waals surface area contributed by atoms with Crippen LogP contribution < -0.4 is 0 Å². The molecule has 0 aromatic heterocycles. The number of ketones is 1. The van der Waals surface area contributed by atoms with E-state index in [1.165, 1.54) is 12.8 Å². The summed E-state index contributed by atoms with van der Waals surface area (Å²) in [5.74, 6) is 0.298. The normalized spacial score (nSPS) is 17.9. The zero-order valence-corrected chi connectivity index (χ0v) is 9.26. The molecule has 1 aliphatic rings. The van der Waals surface area contributed by atoms with Crippen molar-refractivity contribution in [2.75, 3.05) is 13.1 Å². The third kappa shape index (κ3) is 2.80. The highest BCUT2D eigenvalue weighted by atomic mass is 16.1. The van der Waals surface area contributed by atoms with E-state index in [4.69, 9.17) is 0 Å². The van der Waals surface area contributed by atoms with E-state index < -0.39 is 0 Å². The van der Waals surface area contributed by atoms with Crippen molar-refractivity contribution in [1.29, 1.82) is 0 Å². The molecule has 13 heavy (non-hydrogen) atoms. The summed E-state index contributed by atoms with van der Waals surface area (Å²) in [4.78, 5) is 13.8. The Bertz CT molecular complexity index is 194. The van der Waals surface area contributed by atoms with Crippen molar-refractivity contribution < 1.29 is 4.79 Å². The second-order valence-corrected chi connectivity index (χ2v) is 4.73. The average molecular weight is 183 g/mol. The summed E-state index contributed by atoms with van der Waals surface area (Å²) in [7, 11) is 0. The first-order valence-electron chi connectivity index (χ1n) is 5.22. The van der Waals surface area contributed by atoms with E-state index in [0.29, 0.717) is 5.78 Å². The zero-order valence-electron chi connectivity index (χ0n) is 9.26. The largest absolute Gasteiger partial charge is 0.300 e. The molecule has 1 rings (SSSR count). The van der Waals surface area contributed by atoms with E-state index in [1.807, 2.05) is 13.8 Å². The Morgan fingerprint density at radius 3 is 2.31 bits per heavy atom. The number of hydrogen-bond donors (Lipinski definition) is 0. The van der Waals surface area contributed by atoms with Crippen molar-refractivity contribution >= 4 is 5.78 Å². The topological polar surface area (TPSA) is 20.3 Å². The maximum absolute atomic E-state index is 11.3. The zero-order chi connectivity index (χ0) is 10.1. The van der Waals surface area contributed by atoms with Gasteiger partial charge in [0.2, 0.25) is 0 Å². The highest BCUT2D eigenvalue weighted by Crippen LogP contribution is 2.30. The molecule has 0 aliphatic heterocycles. The second-order valence-electron chi connectivity index (χ2n) is 4.73. The Kier molecular flexibility index (Phi) is 3.12. The van der Waals surface area contributed by atoms with Crippen LogP contribution in [-0.2, 0) is 4.79 Å². The predicted octanol–water partition coefficient (Wildman–Crippen LogP) is 2.09. The van der Waals surface area contributed by atoms with Crippen LogP contribution in [-0.4, -0.2) is 29.8 Å². The van der Waals surface area contributed by atoms with Gasteiger partial charge in [-0.25, -0.2) is 0 Å². The van der Waals surface area contributed by atoms with Gasteiger partial charge < -0.3 is 0 Å². The molecule has 0 atom stereocenters. The van der Waals surface area contributed by atoms with Crippen molar-refractivity contribution in [2.45, 2.75) is 46.6 Å². The van der Waals surface area contributed by atoms with Crippen molar-refractivity contribution in [3.05, 3.63) is 0 Å². The number of hydrogen-bond acceptors (Lipinski definition) is 2. The number of rotatable bonds is 5. The van der Waals surface area contributed by atoms with Gasteiger partial charge in [0.25, 0.3) is 0 Å². The van der Waals surface area contributed by atoms with E-state index in [2.05, 4.69) is 11.8 Å². The SMILES string of the molecule is CCN(CC(C)(C)C(C)=O)C1CC1. The van der Waals surface area contributed by atoms with Crippen LogP contribution in [0.3, 0.4) is 0 Å². The molecule has 0 saturated heterocycles. The van der Waals surface area contributed by atoms with E-state index in [-0.39, 0.29) is 5.41 Å². The van der Waals surface area contributed by atoms with Gasteiger partial charge in [-0.05, 0) is 26.3 Å². The van der Waals surface area contributed by atoms with Crippen LogP contribution in [0.2, 0.25) is 0 Å². The summed E-state index contributed by atoms with van der Waals surface area (Å²) in [6, 6.07) is 0.767. The van der Waals surface area contributed by atoms with Crippen molar-refractivity contribution in [3.8, 4) is 0 Å². The molecular formula is C11H21NO. The Balaban J connectivity index is 2.48. The van der Waals surface area contributed by atoms with Gasteiger partial charge in [-0.3, -0.25) is 9.69 Å². The molecule has 1 aliphatic carbocycles. The van der Waals surface area contributed by atoms with E-state index in [1.54, 1.807) is 6.92 Å². The Morgan fingerprint density at radius 1 is 1.46 bits per heavy atom. The third-order valence-corrected chi connectivity index (χ3v) is 3.02. The lowest BCUT2D eigenvalue weighted by molar-refractivity contribution is -0.125. The summed E-state index contributed by atoms with van der Waals surface area (Å²) < 4.78 is 0. The molecule has 0 spiro atoms. The Hall–Kier alpha value is -0.370. The van der Waals surface area contributed by atoms with Gasteiger partial charge in [0.1, 0.15) is 5.78 Å². The van der Waals surface area contributed by atoms with Crippen molar-refractivity contribution in [2.24, 2.45) is 5.41 Å². The summed E-state index contributed by atoms with van der Waals surface area (Å²) in [5, 5.41) is 0. The number of carbonyl (C=O) groups excluding carboxylic acids is 1. The molecule has 2 heteroatoms. The van der Waals surface area contributed by atoms with Crippen LogP contribution in [0.25, 0.3) is 0 Å². The minimum absolute atomic E-state index is 0.168. The Labute approximate surface area is 81.3 Å². The monoisotopic (exact) mass is 183 g/mol. The number of carbonyl (C=O) groups is 1. The highest BCUT2D eigenvalue weighted by molar-refractivity contribution is 5.81. The van der Waals surface area contributed by atoms with Gasteiger partial charge in [0.15, 0.2) is 0 Å². The fraction of sp³-hybridized carbons (Fsp3) is 0.909. The quantitative estimate of drug-likeness (QED) is 0.650. The molecule has 0 unspecified atom stereocenters. The molecule has 1 saturated carbocycles. The molecule has 1 fully saturated rings. The fourth-order valence-electron chi connectivity index (χ4n) is 1.56. The average Bonchev–Trinajstić information content (AvgIpc) is 2.82. The van der Waals surface area contributed by atoms with Crippen LogP contribution in [0.1, 0.15) is 40.5 Å². The van der Waals surface area contributed by atoms with Gasteiger partial charge in [-0.2, -0.15) is 0 Å². The number of nitrogens with zero attached hydrogens (tertiary/aromatic N) is 1. The standard InChI is InChI=1S/C11H21NO/c1-5-12(10-6-7-10)8-11(3,4)9(2)13/h10H,5-8H2,1-4H3. The molecule has 0 aromatic rings. The van der Waals surface area contributed by atoms with Gasteiger partial charge in [0.05, 0.1) is 0 Å². The molecule has 0 bridgehead atoms. The summed E-state index contributed by atoms with van der Waals surface area (Å²) in [5.41, 5.74) is -0.168. The molecule has 0 radical (unpaired) electrons. The molecular weight excluding hydrogens is 162 g/mol. The first-order valence-corrected chi connectivity index (χ1v) is 5.22. The van der Waals surface area contributed by atoms with Crippen molar-refractivity contribution in [1.82, 2.24) is 4.90 Å². The lowest BCUT2D eigenvalue weighted by Crippen LogP contribution is -2.39. The fourth-order valence-corrected chi connectivity index (χ4v) is 1.56. The van der Waals surface area contributed by atoms with Gasteiger partial charge in [-0.1, -0.05) is 20.8 Å². The smallest absolute Gasteiger partial charge is 0.136 e. The Morgan fingerprint density at radius 2 is 2.00 bits per heavy atom. The maximum Gasteiger partial charge on any atom is 0.136 e. The molecule has 0 amide bonds. The van der Waals surface area contributed by atoms with E-state index >= 15 is 0 Å². The highest BCUT2D eigenvalue weighted by Gasteiger charge is 2.33. The lowest BCUT2D eigenvalue weighted by Gasteiger charge is -2.30. The first kappa shape index (κ1) is 10.7. The molecule has 0 aromatic carbocycles. The van der Waals surface area contributed by atoms with Crippen molar-refractivity contribution in [3.63, 3.8) is 0 Å². The van der Waals surface area contributed by atoms with Crippen LogP contribution >= 0.6 is 0 Å². The minimum atomic E-state index is -0.168. The second kappa shape index (κ2) is 3.79. The van der Waals surface area contributed by atoms with Crippen LogP contribution in [0.5, 0.6) is 0 Å². The van der Waals surface area contributed by atoms with Gasteiger partial charge in [0, 0.05) is 18.0 Å². The van der Waals surface area contributed by atoms with Crippen LogP contribution in [0.4, 0.5) is 0 Å². The molecule has 2 nitrogen and oxygen atoms in total. The molecule has 0 heterocycles.